The summed E-state index contributed by atoms with van der Waals surface area (Å²) in [5.74, 6) is 0. The van der Waals surface area contributed by atoms with Crippen molar-refractivity contribution in [3.63, 3.8) is 0 Å². The average molecular weight is 233 g/mol. The van der Waals surface area contributed by atoms with Crippen molar-refractivity contribution in [1.29, 1.82) is 0 Å². The summed E-state index contributed by atoms with van der Waals surface area (Å²) in [5, 5.41) is 3.48. The molecule has 1 aromatic heterocycles. The van der Waals surface area contributed by atoms with Crippen LogP contribution in [0.25, 0.3) is 0 Å². The zero-order chi connectivity index (χ0) is 12.3. The number of rotatable bonds is 5. The van der Waals surface area contributed by atoms with Crippen LogP contribution in [0, 0.1) is 0 Å². The van der Waals surface area contributed by atoms with Crippen LogP contribution in [0.2, 0.25) is 0 Å². The van der Waals surface area contributed by atoms with Crippen molar-refractivity contribution in [2.45, 2.75) is 51.7 Å². The van der Waals surface area contributed by atoms with E-state index in [1.54, 1.807) is 0 Å². The Kier molecular flexibility index (Phi) is 4.00. The number of pyridine rings is 1. The molecule has 1 heterocycles. The summed E-state index contributed by atoms with van der Waals surface area (Å²) in [6, 6.07) is 3.36. The second-order valence-corrected chi connectivity index (χ2v) is 5.24. The van der Waals surface area contributed by atoms with E-state index in [0.29, 0.717) is 6.04 Å². The highest BCUT2D eigenvalue weighted by atomic mass is 15.1. The lowest BCUT2D eigenvalue weighted by Gasteiger charge is -2.37. The Bertz CT molecular complexity index is 358. The van der Waals surface area contributed by atoms with Crippen LogP contribution in [0.4, 0.5) is 5.69 Å². The number of nitrogens with zero attached hydrogens (tertiary/aromatic N) is 2. The third-order valence-electron chi connectivity index (χ3n) is 3.59. The van der Waals surface area contributed by atoms with E-state index in [9.17, 15) is 0 Å². The molecule has 0 aromatic carbocycles. The minimum absolute atomic E-state index is 0.519. The zero-order valence-electron chi connectivity index (χ0n) is 11.1. The first-order chi connectivity index (χ1) is 8.18. The van der Waals surface area contributed by atoms with Gasteiger partial charge in [0.2, 0.25) is 0 Å². The molecule has 1 aromatic rings. The van der Waals surface area contributed by atoms with E-state index in [1.165, 1.54) is 30.5 Å². The molecule has 3 heteroatoms. The van der Waals surface area contributed by atoms with E-state index in [-0.39, 0.29) is 0 Å². The molecule has 94 valence electrons. The summed E-state index contributed by atoms with van der Waals surface area (Å²) in [5.41, 5.74) is 2.63. The number of anilines is 1. The van der Waals surface area contributed by atoms with Gasteiger partial charge in [-0.1, -0.05) is 13.8 Å². The second-order valence-electron chi connectivity index (χ2n) is 5.24. The molecular weight excluding hydrogens is 210 g/mol. The third kappa shape index (κ3) is 2.97. The SMILES string of the molecule is CC(C)NCc1ccncc1N(C)C1CCC1. The van der Waals surface area contributed by atoms with Crippen molar-refractivity contribution in [1.82, 2.24) is 10.3 Å². The fourth-order valence-electron chi connectivity index (χ4n) is 2.17. The molecule has 1 N–H and O–H groups in total. The summed E-state index contributed by atoms with van der Waals surface area (Å²) in [6.07, 6.45) is 7.89. The largest absolute Gasteiger partial charge is 0.370 e. The molecule has 17 heavy (non-hydrogen) atoms. The fraction of sp³-hybridized carbons (Fsp3) is 0.643. The number of nitrogens with one attached hydrogen (secondary N) is 1. The molecule has 3 nitrogen and oxygen atoms in total. The van der Waals surface area contributed by atoms with Crippen LogP contribution in [-0.4, -0.2) is 24.1 Å². The van der Waals surface area contributed by atoms with Crippen LogP contribution in [0.15, 0.2) is 18.5 Å². The topological polar surface area (TPSA) is 28.2 Å². The molecule has 0 aliphatic heterocycles. The fourth-order valence-corrected chi connectivity index (χ4v) is 2.17. The Balaban J connectivity index is 2.08. The van der Waals surface area contributed by atoms with Gasteiger partial charge in [-0.3, -0.25) is 4.98 Å². The van der Waals surface area contributed by atoms with Gasteiger partial charge in [-0.15, -0.1) is 0 Å². The first kappa shape index (κ1) is 12.4. The molecule has 0 unspecified atom stereocenters. The van der Waals surface area contributed by atoms with Crippen LogP contribution in [0.3, 0.4) is 0 Å². The maximum atomic E-state index is 4.26. The lowest BCUT2D eigenvalue weighted by atomic mass is 9.91. The molecular formula is C14H23N3. The summed E-state index contributed by atoms with van der Waals surface area (Å²) in [7, 11) is 2.19. The van der Waals surface area contributed by atoms with Crippen LogP contribution in [0.1, 0.15) is 38.7 Å². The number of hydrogen-bond donors (Lipinski definition) is 1. The van der Waals surface area contributed by atoms with E-state index in [4.69, 9.17) is 0 Å². The Morgan fingerprint density at radius 1 is 1.47 bits per heavy atom. The summed E-state index contributed by atoms with van der Waals surface area (Å²) < 4.78 is 0. The zero-order valence-corrected chi connectivity index (χ0v) is 11.1. The minimum atomic E-state index is 0.519. The highest BCUT2D eigenvalue weighted by Crippen LogP contribution is 2.29. The minimum Gasteiger partial charge on any atom is -0.370 e. The van der Waals surface area contributed by atoms with Gasteiger partial charge in [-0.05, 0) is 30.9 Å². The van der Waals surface area contributed by atoms with Crippen molar-refractivity contribution in [2.75, 3.05) is 11.9 Å². The van der Waals surface area contributed by atoms with Gasteiger partial charge in [0.25, 0.3) is 0 Å². The molecule has 1 saturated carbocycles. The molecule has 0 radical (unpaired) electrons. The molecule has 0 bridgehead atoms. The highest BCUT2D eigenvalue weighted by Gasteiger charge is 2.23. The maximum Gasteiger partial charge on any atom is 0.0598 e. The van der Waals surface area contributed by atoms with Gasteiger partial charge >= 0.3 is 0 Å². The highest BCUT2D eigenvalue weighted by molar-refractivity contribution is 5.52. The summed E-state index contributed by atoms with van der Waals surface area (Å²) >= 11 is 0. The molecule has 1 aliphatic carbocycles. The predicted molar refractivity (Wildman–Crippen MR) is 72.3 cm³/mol. The van der Waals surface area contributed by atoms with Gasteiger partial charge in [-0.25, -0.2) is 0 Å². The van der Waals surface area contributed by atoms with E-state index in [2.05, 4.69) is 42.2 Å². The lowest BCUT2D eigenvalue weighted by Crippen LogP contribution is -2.38. The maximum absolute atomic E-state index is 4.26. The first-order valence-corrected chi connectivity index (χ1v) is 6.57. The van der Waals surface area contributed by atoms with Crippen molar-refractivity contribution in [3.8, 4) is 0 Å². The van der Waals surface area contributed by atoms with E-state index < -0.39 is 0 Å². The average Bonchev–Trinajstić information content (AvgIpc) is 2.24. The Morgan fingerprint density at radius 3 is 2.82 bits per heavy atom. The van der Waals surface area contributed by atoms with Gasteiger partial charge < -0.3 is 10.2 Å². The molecule has 2 rings (SSSR count). The molecule has 1 fully saturated rings. The molecule has 0 atom stereocenters. The van der Waals surface area contributed by atoms with Crippen molar-refractivity contribution in [2.24, 2.45) is 0 Å². The lowest BCUT2D eigenvalue weighted by molar-refractivity contribution is 0.400. The second kappa shape index (κ2) is 5.50. The number of hydrogen-bond acceptors (Lipinski definition) is 3. The monoisotopic (exact) mass is 233 g/mol. The van der Waals surface area contributed by atoms with Gasteiger partial charge in [0.15, 0.2) is 0 Å². The van der Waals surface area contributed by atoms with Gasteiger partial charge in [0, 0.05) is 31.9 Å². The van der Waals surface area contributed by atoms with Gasteiger partial charge in [0.1, 0.15) is 0 Å². The molecule has 0 saturated heterocycles. The van der Waals surface area contributed by atoms with Crippen LogP contribution in [-0.2, 0) is 6.54 Å². The molecule has 0 spiro atoms. The molecule has 1 aliphatic rings. The smallest absolute Gasteiger partial charge is 0.0598 e. The quantitative estimate of drug-likeness (QED) is 0.847. The number of aromatic nitrogens is 1. The standard InChI is InChI=1S/C14H23N3/c1-11(2)16-9-12-7-8-15-10-14(12)17(3)13-5-4-6-13/h7-8,10-11,13,16H,4-6,9H2,1-3H3. The Morgan fingerprint density at radius 2 is 2.24 bits per heavy atom. The van der Waals surface area contributed by atoms with Gasteiger partial charge in [0.05, 0.1) is 11.9 Å². The van der Waals surface area contributed by atoms with Crippen molar-refractivity contribution < 1.29 is 0 Å². The Hall–Kier alpha value is -1.09. The summed E-state index contributed by atoms with van der Waals surface area (Å²) in [6.45, 7) is 5.28. The molecule has 0 amide bonds. The van der Waals surface area contributed by atoms with Crippen LogP contribution < -0.4 is 10.2 Å². The van der Waals surface area contributed by atoms with E-state index in [0.717, 1.165) is 12.6 Å². The van der Waals surface area contributed by atoms with Crippen molar-refractivity contribution in [3.05, 3.63) is 24.0 Å². The normalized spacial score (nSPS) is 16.0. The summed E-state index contributed by atoms with van der Waals surface area (Å²) in [4.78, 5) is 6.66. The van der Waals surface area contributed by atoms with E-state index in [1.807, 2.05) is 12.4 Å². The van der Waals surface area contributed by atoms with E-state index >= 15 is 0 Å². The first-order valence-electron chi connectivity index (χ1n) is 6.57. The van der Waals surface area contributed by atoms with Crippen molar-refractivity contribution >= 4 is 5.69 Å². The van der Waals surface area contributed by atoms with Gasteiger partial charge in [-0.2, -0.15) is 0 Å². The Labute approximate surface area is 104 Å². The van der Waals surface area contributed by atoms with Crippen LogP contribution >= 0.6 is 0 Å². The van der Waals surface area contributed by atoms with Crippen LogP contribution in [0.5, 0.6) is 0 Å². The third-order valence-corrected chi connectivity index (χ3v) is 3.59. The predicted octanol–water partition coefficient (Wildman–Crippen LogP) is 2.57.